The Kier molecular flexibility index (Phi) is 6.71. The van der Waals surface area contributed by atoms with Crippen molar-refractivity contribution >= 4 is 27.3 Å². The molecule has 8 heteroatoms. The lowest BCUT2D eigenvalue weighted by molar-refractivity contribution is 0.102. The maximum atomic E-state index is 14.4. The van der Waals surface area contributed by atoms with Crippen LogP contribution in [0.3, 0.4) is 0 Å². The molecule has 0 atom stereocenters. The Labute approximate surface area is 180 Å². The number of hydrogen-bond acceptors (Lipinski definition) is 4. The van der Waals surface area contributed by atoms with E-state index < -0.39 is 21.7 Å². The van der Waals surface area contributed by atoms with Gasteiger partial charge in [0.2, 0.25) is 0 Å². The first-order chi connectivity index (χ1) is 14.9. The number of nitrogens with zero attached hydrogens (tertiary/aromatic N) is 1. The number of para-hydroxylation sites is 1. The van der Waals surface area contributed by atoms with E-state index in [1.807, 2.05) is 0 Å². The smallest absolute Gasteiger partial charge is 0.264 e. The molecule has 160 valence electrons. The van der Waals surface area contributed by atoms with Crippen LogP contribution in [0.25, 0.3) is 0 Å². The molecule has 1 amide bonds. The van der Waals surface area contributed by atoms with Gasteiger partial charge in [-0.25, -0.2) is 12.8 Å². The topological polar surface area (TPSA) is 75.7 Å². The van der Waals surface area contributed by atoms with Crippen LogP contribution in [0.5, 0.6) is 5.75 Å². The molecule has 0 aliphatic rings. The second kappa shape index (κ2) is 9.44. The summed E-state index contributed by atoms with van der Waals surface area (Å²) in [5, 5.41) is 2.56. The highest BCUT2D eigenvalue weighted by molar-refractivity contribution is 7.92. The van der Waals surface area contributed by atoms with E-state index in [9.17, 15) is 17.6 Å². The number of benzene rings is 3. The van der Waals surface area contributed by atoms with Gasteiger partial charge in [-0.05, 0) is 54.6 Å². The molecule has 3 aromatic rings. The molecule has 0 spiro atoms. The highest BCUT2D eigenvalue weighted by Crippen LogP contribution is 2.25. The second-order valence-corrected chi connectivity index (χ2v) is 8.35. The quantitative estimate of drug-likeness (QED) is 0.525. The summed E-state index contributed by atoms with van der Waals surface area (Å²) in [4.78, 5) is 12.4. The van der Waals surface area contributed by atoms with E-state index in [-0.39, 0.29) is 17.0 Å². The number of rotatable bonds is 8. The average molecular weight is 440 g/mol. The fraction of sp³-hybridized carbons (Fsp3) is 0.0870. The van der Waals surface area contributed by atoms with Gasteiger partial charge in [0.05, 0.1) is 29.8 Å². The Hall–Kier alpha value is -3.65. The Morgan fingerprint density at radius 2 is 1.77 bits per heavy atom. The van der Waals surface area contributed by atoms with Crippen molar-refractivity contribution in [2.24, 2.45) is 0 Å². The van der Waals surface area contributed by atoms with Crippen molar-refractivity contribution in [3.63, 3.8) is 0 Å². The number of hydrogen-bond donors (Lipinski definition) is 1. The van der Waals surface area contributed by atoms with Gasteiger partial charge in [0, 0.05) is 5.69 Å². The summed E-state index contributed by atoms with van der Waals surface area (Å²) in [6.45, 7) is 3.62. The molecule has 0 bridgehead atoms. The summed E-state index contributed by atoms with van der Waals surface area (Å²) < 4.78 is 47.1. The molecule has 0 fully saturated rings. The molecule has 6 nitrogen and oxygen atoms in total. The van der Waals surface area contributed by atoms with Gasteiger partial charge in [0.1, 0.15) is 11.6 Å². The first kappa shape index (κ1) is 22.0. The largest absolute Gasteiger partial charge is 0.497 e. The highest BCUT2D eigenvalue weighted by Gasteiger charge is 2.26. The first-order valence-electron chi connectivity index (χ1n) is 9.30. The third-order valence-corrected chi connectivity index (χ3v) is 6.25. The van der Waals surface area contributed by atoms with Crippen LogP contribution < -0.4 is 14.4 Å². The molecule has 0 unspecified atom stereocenters. The van der Waals surface area contributed by atoms with Crippen LogP contribution in [0, 0.1) is 5.82 Å². The predicted molar refractivity (Wildman–Crippen MR) is 119 cm³/mol. The van der Waals surface area contributed by atoms with Gasteiger partial charge >= 0.3 is 0 Å². The van der Waals surface area contributed by atoms with E-state index in [2.05, 4.69) is 11.9 Å². The van der Waals surface area contributed by atoms with Crippen LogP contribution in [0.2, 0.25) is 0 Å². The number of carbonyl (C=O) groups excluding carboxylic acids is 1. The van der Waals surface area contributed by atoms with Crippen LogP contribution in [-0.2, 0) is 10.0 Å². The lowest BCUT2D eigenvalue weighted by atomic mass is 10.2. The number of ether oxygens (including phenoxy) is 1. The van der Waals surface area contributed by atoms with E-state index in [0.717, 1.165) is 22.5 Å². The molecule has 0 heterocycles. The minimum absolute atomic E-state index is 0.0110. The van der Waals surface area contributed by atoms with E-state index in [1.54, 1.807) is 54.6 Å². The molecule has 3 aromatic carbocycles. The third kappa shape index (κ3) is 4.92. The minimum atomic E-state index is -4.07. The number of sulfonamides is 1. The second-order valence-electron chi connectivity index (χ2n) is 6.48. The summed E-state index contributed by atoms with van der Waals surface area (Å²) in [7, 11) is -2.56. The van der Waals surface area contributed by atoms with Gasteiger partial charge < -0.3 is 10.1 Å². The molecule has 0 aliphatic carbocycles. The Morgan fingerprint density at radius 3 is 2.39 bits per heavy atom. The standard InChI is InChI=1S/C23H21FN2O4S/c1-3-15-26(18-7-5-4-6-8-18)31(28,29)20-13-14-22(24)21(16-20)23(27)25-17-9-11-19(30-2)12-10-17/h3-14,16H,1,15H2,2H3,(H,25,27). The summed E-state index contributed by atoms with van der Waals surface area (Å²) >= 11 is 0. The van der Waals surface area contributed by atoms with E-state index in [1.165, 1.54) is 13.2 Å². The Balaban J connectivity index is 1.94. The zero-order valence-electron chi connectivity index (χ0n) is 16.8. The summed E-state index contributed by atoms with van der Waals surface area (Å²) in [5.74, 6) is -1.00. The summed E-state index contributed by atoms with van der Waals surface area (Å²) in [6, 6.07) is 18.1. The third-order valence-electron chi connectivity index (χ3n) is 4.46. The molecule has 0 aromatic heterocycles. The monoisotopic (exact) mass is 440 g/mol. The molecule has 0 radical (unpaired) electrons. The van der Waals surface area contributed by atoms with E-state index in [0.29, 0.717) is 17.1 Å². The molecule has 1 N–H and O–H groups in total. The van der Waals surface area contributed by atoms with Crippen molar-refractivity contribution in [1.29, 1.82) is 0 Å². The highest BCUT2D eigenvalue weighted by atomic mass is 32.2. The number of halogens is 1. The van der Waals surface area contributed by atoms with Gasteiger partial charge in [-0.1, -0.05) is 24.3 Å². The maximum absolute atomic E-state index is 14.4. The van der Waals surface area contributed by atoms with Gasteiger partial charge in [0.25, 0.3) is 15.9 Å². The molecule has 0 saturated carbocycles. The number of nitrogens with one attached hydrogen (secondary N) is 1. The number of methoxy groups -OCH3 is 1. The SMILES string of the molecule is C=CCN(c1ccccc1)S(=O)(=O)c1ccc(F)c(C(=O)Nc2ccc(OC)cc2)c1. The van der Waals surface area contributed by atoms with E-state index in [4.69, 9.17) is 4.74 Å². The number of carbonyl (C=O) groups is 1. The zero-order valence-corrected chi connectivity index (χ0v) is 17.6. The molecule has 31 heavy (non-hydrogen) atoms. The Morgan fingerprint density at radius 1 is 1.10 bits per heavy atom. The van der Waals surface area contributed by atoms with Gasteiger partial charge in [-0.3, -0.25) is 9.10 Å². The van der Waals surface area contributed by atoms with Crippen molar-refractivity contribution in [1.82, 2.24) is 0 Å². The summed E-state index contributed by atoms with van der Waals surface area (Å²) in [5.41, 5.74) is 0.454. The minimum Gasteiger partial charge on any atom is -0.497 e. The molecule has 0 aliphatic heterocycles. The maximum Gasteiger partial charge on any atom is 0.264 e. The lowest BCUT2D eigenvalue weighted by Crippen LogP contribution is -2.31. The van der Waals surface area contributed by atoms with Gasteiger partial charge in [0.15, 0.2) is 0 Å². The van der Waals surface area contributed by atoms with Crippen molar-refractivity contribution in [2.45, 2.75) is 4.90 Å². The normalized spacial score (nSPS) is 10.9. The lowest BCUT2D eigenvalue weighted by Gasteiger charge is -2.23. The fourth-order valence-electron chi connectivity index (χ4n) is 2.89. The van der Waals surface area contributed by atoms with Gasteiger partial charge in [-0.2, -0.15) is 0 Å². The molecular weight excluding hydrogens is 419 g/mol. The molecule has 3 rings (SSSR count). The molecule has 0 saturated heterocycles. The first-order valence-corrected chi connectivity index (χ1v) is 10.7. The van der Waals surface area contributed by atoms with Crippen molar-refractivity contribution in [3.05, 3.63) is 96.8 Å². The van der Waals surface area contributed by atoms with Crippen molar-refractivity contribution in [2.75, 3.05) is 23.3 Å². The zero-order chi connectivity index (χ0) is 22.4. The predicted octanol–water partition coefficient (Wildman–Crippen LogP) is 4.47. The van der Waals surface area contributed by atoms with Crippen LogP contribution in [0.1, 0.15) is 10.4 Å². The Bertz CT molecular complexity index is 1180. The summed E-state index contributed by atoms with van der Waals surface area (Å²) in [6.07, 6.45) is 1.45. The number of anilines is 2. The van der Waals surface area contributed by atoms with Crippen molar-refractivity contribution < 1.29 is 22.3 Å². The van der Waals surface area contributed by atoms with Crippen LogP contribution >= 0.6 is 0 Å². The van der Waals surface area contributed by atoms with Crippen molar-refractivity contribution in [3.8, 4) is 5.75 Å². The van der Waals surface area contributed by atoms with Crippen LogP contribution in [0.15, 0.2) is 90.3 Å². The van der Waals surface area contributed by atoms with Gasteiger partial charge in [-0.15, -0.1) is 6.58 Å². The van der Waals surface area contributed by atoms with E-state index >= 15 is 0 Å². The number of amides is 1. The fourth-order valence-corrected chi connectivity index (χ4v) is 4.35. The van der Waals surface area contributed by atoms with Crippen LogP contribution in [-0.4, -0.2) is 28.0 Å². The average Bonchev–Trinajstić information content (AvgIpc) is 2.78. The molecular formula is C23H21FN2O4S. The van der Waals surface area contributed by atoms with Crippen LogP contribution in [0.4, 0.5) is 15.8 Å².